The number of hydrogen-bond acceptors (Lipinski definition) is 6. The molecule has 0 bridgehead atoms. The van der Waals surface area contributed by atoms with Crippen LogP contribution in [0.3, 0.4) is 0 Å². The van der Waals surface area contributed by atoms with Gasteiger partial charge >= 0.3 is 0 Å². The van der Waals surface area contributed by atoms with Crippen LogP contribution in [0.2, 0.25) is 0 Å². The average molecular weight is 489 g/mol. The lowest BCUT2D eigenvalue weighted by Gasteiger charge is -2.30. The van der Waals surface area contributed by atoms with Crippen LogP contribution in [0.1, 0.15) is 24.6 Å². The van der Waals surface area contributed by atoms with E-state index >= 15 is 0 Å². The summed E-state index contributed by atoms with van der Waals surface area (Å²) in [6.45, 7) is 5.22. The summed E-state index contributed by atoms with van der Waals surface area (Å²) in [5.41, 5.74) is 6.76. The van der Waals surface area contributed by atoms with Crippen LogP contribution in [0.25, 0.3) is 21.3 Å². The Morgan fingerprint density at radius 1 is 1.24 bits per heavy atom. The number of thiophene rings is 1. The molecule has 2 amide bonds. The molecule has 0 aliphatic carbocycles. The highest BCUT2D eigenvalue weighted by atomic mass is 32.2. The summed E-state index contributed by atoms with van der Waals surface area (Å²) in [5, 5.41) is 1.03. The van der Waals surface area contributed by atoms with Crippen molar-refractivity contribution in [2.45, 2.75) is 38.4 Å². The maximum absolute atomic E-state index is 13.4. The van der Waals surface area contributed by atoms with Gasteiger partial charge in [-0.15, -0.1) is 11.3 Å². The van der Waals surface area contributed by atoms with Gasteiger partial charge in [0.2, 0.25) is 11.8 Å². The Labute approximate surface area is 198 Å². The second-order valence-corrected chi connectivity index (χ2v) is 10.2. The van der Waals surface area contributed by atoms with Crippen molar-refractivity contribution in [3.05, 3.63) is 45.3 Å². The van der Waals surface area contributed by atoms with E-state index in [-0.39, 0.29) is 34.9 Å². The van der Waals surface area contributed by atoms with Gasteiger partial charge in [-0.05, 0) is 44.4 Å². The molecule has 1 aliphatic rings. The van der Waals surface area contributed by atoms with Crippen molar-refractivity contribution in [1.82, 2.24) is 14.5 Å². The number of likely N-dealkylation sites (tertiary alicyclic amines) is 1. The van der Waals surface area contributed by atoms with Gasteiger partial charge < -0.3 is 10.6 Å². The number of benzene rings is 1. The fourth-order valence-corrected chi connectivity index (χ4v) is 6.21. The van der Waals surface area contributed by atoms with Crippen molar-refractivity contribution in [1.29, 1.82) is 0 Å². The molecule has 1 saturated heterocycles. The number of aromatic nitrogens is 2. The topological polar surface area (TPSA) is 98.3 Å². The molecule has 7 nitrogen and oxygen atoms in total. The molecule has 0 atom stereocenters. The first-order chi connectivity index (χ1) is 15.8. The molecule has 33 heavy (non-hydrogen) atoms. The smallest absolute Gasteiger partial charge is 0.263 e. The number of carbonyl (C=O) groups is 2. The third-order valence-electron chi connectivity index (χ3n) is 5.98. The molecule has 2 N–H and O–H groups in total. The normalized spacial score (nSPS) is 14.7. The minimum absolute atomic E-state index is 0.0470. The lowest BCUT2D eigenvalue weighted by molar-refractivity contribution is -0.132. The number of halogens is 1. The molecule has 3 heterocycles. The largest absolute Gasteiger partial charge is 0.369 e. The lowest BCUT2D eigenvalue weighted by Crippen LogP contribution is -2.42. The summed E-state index contributed by atoms with van der Waals surface area (Å²) < 4.78 is 15.0. The van der Waals surface area contributed by atoms with Crippen LogP contribution in [-0.2, 0) is 16.1 Å². The van der Waals surface area contributed by atoms with E-state index in [1.807, 2.05) is 13.8 Å². The molecule has 3 aromatic rings. The van der Waals surface area contributed by atoms with Crippen molar-refractivity contribution >= 4 is 45.1 Å². The average Bonchev–Trinajstić information content (AvgIpc) is 3.14. The van der Waals surface area contributed by atoms with Crippen molar-refractivity contribution in [2.24, 2.45) is 11.7 Å². The Balaban J connectivity index is 1.59. The molecular formula is C23H25FN4O3S2. The standard InChI is InChI=1S/C23H25FN4O3S2/c1-3-28-22(31)19-18(14-4-6-16(24)7-5-14)13(2)33-21(19)26-23(28)32-12-17(29)27-10-8-15(9-11-27)20(25)30/h4-7,15H,3,8-12H2,1-2H3,(H2,25,30). The Morgan fingerprint density at radius 2 is 1.91 bits per heavy atom. The summed E-state index contributed by atoms with van der Waals surface area (Å²) in [4.78, 5) is 45.5. The fourth-order valence-electron chi connectivity index (χ4n) is 4.16. The number of thioether (sulfide) groups is 1. The number of nitrogens with zero attached hydrogens (tertiary/aromatic N) is 3. The number of nitrogens with two attached hydrogens (primary N) is 1. The molecule has 0 saturated carbocycles. The van der Waals surface area contributed by atoms with Crippen LogP contribution in [0.5, 0.6) is 0 Å². The maximum atomic E-state index is 13.4. The molecule has 1 aromatic carbocycles. The molecule has 0 spiro atoms. The number of piperidine rings is 1. The van der Waals surface area contributed by atoms with Gasteiger partial charge in [-0.3, -0.25) is 19.0 Å². The zero-order chi connectivity index (χ0) is 23.7. The highest BCUT2D eigenvalue weighted by molar-refractivity contribution is 7.99. The van der Waals surface area contributed by atoms with Gasteiger partial charge in [0.25, 0.3) is 5.56 Å². The minimum atomic E-state index is -0.331. The first kappa shape index (κ1) is 23.4. The molecule has 0 radical (unpaired) electrons. The fraction of sp³-hybridized carbons (Fsp3) is 0.391. The van der Waals surface area contributed by atoms with E-state index in [2.05, 4.69) is 0 Å². The number of amides is 2. The number of hydrogen-bond donors (Lipinski definition) is 1. The van der Waals surface area contributed by atoms with E-state index < -0.39 is 0 Å². The number of primary amides is 1. The maximum Gasteiger partial charge on any atom is 0.263 e. The van der Waals surface area contributed by atoms with Crippen LogP contribution < -0.4 is 11.3 Å². The summed E-state index contributed by atoms with van der Waals surface area (Å²) >= 11 is 2.67. The van der Waals surface area contributed by atoms with Crippen LogP contribution >= 0.6 is 23.1 Å². The first-order valence-electron chi connectivity index (χ1n) is 10.8. The lowest BCUT2D eigenvalue weighted by atomic mass is 9.96. The Hall–Kier alpha value is -2.72. The number of fused-ring (bicyclic) bond motifs is 1. The van der Waals surface area contributed by atoms with E-state index in [1.54, 1.807) is 21.6 Å². The number of carbonyl (C=O) groups excluding carboxylic acids is 2. The van der Waals surface area contributed by atoms with Gasteiger partial charge in [0, 0.05) is 36.0 Å². The molecule has 1 aliphatic heterocycles. The molecule has 174 valence electrons. The molecule has 0 unspecified atom stereocenters. The Bertz CT molecular complexity index is 1260. The van der Waals surface area contributed by atoms with Gasteiger partial charge in [0.05, 0.1) is 11.1 Å². The third-order valence-corrected chi connectivity index (χ3v) is 7.94. The summed E-state index contributed by atoms with van der Waals surface area (Å²) in [6, 6.07) is 6.10. The van der Waals surface area contributed by atoms with Crippen LogP contribution in [0.4, 0.5) is 4.39 Å². The SMILES string of the molecule is CCn1c(SCC(=O)N2CCC(C(N)=O)CC2)nc2sc(C)c(-c3ccc(F)cc3)c2c1=O. The summed E-state index contributed by atoms with van der Waals surface area (Å²) in [6.07, 6.45) is 1.16. The van der Waals surface area contributed by atoms with Gasteiger partial charge in [-0.25, -0.2) is 9.37 Å². The number of rotatable bonds is 6. The van der Waals surface area contributed by atoms with Crippen molar-refractivity contribution in [2.75, 3.05) is 18.8 Å². The highest BCUT2D eigenvalue weighted by Crippen LogP contribution is 2.36. The van der Waals surface area contributed by atoms with Gasteiger partial charge in [0.1, 0.15) is 10.6 Å². The molecule has 4 rings (SSSR count). The molecule has 2 aromatic heterocycles. The second kappa shape index (κ2) is 9.64. The Kier molecular flexibility index (Phi) is 6.85. The zero-order valence-corrected chi connectivity index (χ0v) is 20.1. The van der Waals surface area contributed by atoms with Crippen LogP contribution in [-0.4, -0.2) is 45.1 Å². The van der Waals surface area contributed by atoms with E-state index in [1.165, 1.54) is 35.2 Å². The summed E-state index contributed by atoms with van der Waals surface area (Å²) in [5.74, 6) is -0.703. The predicted molar refractivity (Wildman–Crippen MR) is 129 cm³/mol. The van der Waals surface area contributed by atoms with Crippen molar-refractivity contribution < 1.29 is 14.0 Å². The number of aryl methyl sites for hydroxylation is 1. The molecule has 1 fully saturated rings. The monoisotopic (exact) mass is 488 g/mol. The Morgan fingerprint density at radius 3 is 2.52 bits per heavy atom. The first-order valence-corrected chi connectivity index (χ1v) is 12.6. The predicted octanol–water partition coefficient (Wildman–Crippen LogP) is 3.41. The quantitative estimate of drug-likeness (QED) is 0.424. The van der Waals surface area contributed by atoms with E-state index in [9.17, 15) is 18.8 Å². The van der Waals surface area contributed by atoms with Crippen molar-refractivity contribution in [3.8, 4) is 11.1 Å². The van der Waals surface area contributed by atoms with Gasteiger partial charge in [-0.1, -0.05) is 23.9 Å². The van der Waals surface area contributed by atoms with E-state index in [0.29, 0.717) is 47.8 Å². The zero-order valence-electron chi connectivity index (χ0n) is 18.5. The minimum Gasteiger partial charge on any atom is -0.369 e. The summed E-state index contributed by atoms with van der Waals surface area (Å²) in [7, 11) is 0. The van der Waals surface area contributed by atoms with E-state index in [4.69, 9.17) is 10.7 Å². The van der Waals surface area contributed by atoms with Crippen LogP contribution in [0.15, 0.2) is 34.2 Å². The second-order valence-electron chi connectivity index (χ2n) is 8.01. The van der Waals surface area contributed by atoms with E-state index in [0.717, 1.165) is 16.0 Å². The van der Waals surface area contributed by atoms with Gasteiger partial charge in [0.15, 0.2) is 5.16 Å². The highest BCUT2D eigenvalue weighted by Gasteiger charge is 2.26. The van der Waals surface area contributed by atoms with Crippen molar-refractivity contribution in [3.63, 3.8) is 0 Å². The molecule has 10 heteroatoms. The van der Waals surface area contributed by atoms with Crippen LogP contribution in [0, 0.1) is 18.7 Å². The molecular weight excluding hydrogens is 463 g/mol. The third kappa shape index (κ3) is 4.67. The van der Waals surface area contributed by atoms with Gasteiger partial charge in [-0.2, -0.15) is 0 Å².